The molecule has 4 nitrogen and oxygen atoms in total. The van der Waals surface area contributed by atoms with Crippen molar-refractivity contribution in [1.29, 1.82) is 0 Å². The van der Waals surface area contributed by atoms with E-state index in [9.17, 15) is 18.4 Å². The highest BCUT2D eigenvalue weighted by Gasteiger charge is 2.18. The summed E-state index contributed by atoms with van der Waals surface area (Å²) < 4.78 is 25.1. The Balaban J connectivity index is 1.59. The van der Waals surface area contributed by atoms with Crippen molar-refractivity contribution in [3.63, 3.8) is 0 Å². The van der Waals surface area contributed by atoms with E-state index in [0.717, 1.165) is 37.0 Å². The molecular formula is C19H20F2N2O2S2. The zero-order chi connectivity index (χ0) is 19.2. The van der Waals surface area contributed by atoms with Gasteiger partial charge in [0.05, 0.1) is 0 Å². The second-order valence-electron chi connectivity index (χ2n) is 6.33. The predicted molar refractivity (Wildman–Crippen MR) is 105 cm³/mol. The summed E-state index contributed by atoms with van der Waals surface area (Å²) in [5.74, 6) is -3.13. The van der Waals surface area contributed by atoms with Crippen LogP contribution in [-0.4, -0.2) is 23.6 Å². The molecule has 2 N–H and O–H groups in total. The number of carbonyl (C=O) groups is 2. The largest absolute Gasteiger partial charge is 0.349 e. The average molecular weight is 411 g/mol. The number of hydrogen-bond donors (Lipinski definition) is 2. The minimum absolute atomic E-state index is 0.117. The number of benzene rings is 1. The van der Waals surface area contributed by atoms with Crippen molar-refractivity contribution in [2.75, 3.05) is 5.32 Å². The molecule has 1 aromatic carbocycles. The molecule has 0 unspecified atom stereocenters. The van der Waals surface area contributed by atoms with Crippen LogP contribution in [0.2, 0.25) is 0 Å². The zero-order valence-corrected chi connectivity index (χ0v) is 16.2. The van der Waals surface area contributed by atoms with E-state index in [2.05, 4.69) is 10.6 Å². The summed E-state index contributed by atoms with van der Waals surface area (Å²) >= 11 is 1.47. The van der Waals surface area contributed by atoms with Gasteiger partial charge in [-0.25, -0.2) is 0 Å². The van der Waals surface area contributed by atoms with Gasteiger partial charge in [0.2, 0.25) is 0 Å². The number of hydrogen-bond acceptors (Lipinski definition) is 4. The Bertz CT molecular complexity index is 787. The lowest BCUT2D eigenvalue weighted by molar-refractivity contribution is 0.0927. The first-order valence-corrected chi connectivity index (χ1v) is 10.5. The first-order chi connectivity index (χ1) is 13.0. The molecule has 1 aliphatic rings. The zero-order valence-electron chi connectivity index (χ0n) is 14.5. The Morgan fingerprint density at radius 2 is 1.74 bits per heavy atom. The molecule has 0 spiro atoms. The average Bonchev–Trinajstić information content (AvgIpc) is 3.10. The first kappa shape index (κ1) is 19.8. The van der Waals surface area contributed by atoms with Gasteiger partial charge in [-0.2, -0.15) is 8.78 Å². The first-order valence-electron chi connectivity index (χ1n) is 8.77. The van der Waals surface area contributed by atoms with Crippen LogP contribution in [0.3, 0.4) is 0 Å². The highest BCUT2D eigenvalue weighted by Crippen LogP contribution is 2.32. The van der Waals surface area contributed by atoms with Gasteiger partial charge in [0.25, 0.3) is 17.6 Å². The van der Waals surface area contributed by atoms with Gasteiger partial charge in [0.1, 0.15) is 4.88 Å². The SMILES string of the molecule is O=C(NC1CCCCC1)c1ccc(NC(=O)c2sccc2SC(F)F)cc1. The maximum atomic E-state index is 12.6. The Morgan fingerprint density at radius 1 is 1.04 bits per heavy atom. The fourth-order valence-electron chi connectivity index (χ4n) is 3.06. The van der Waals surface area contributed by atoms with Crippen molar-refractivity contribution in [2.45, 2.75) is 48.8 Å². The lowest BCUT2D eigenvalue weighted by Gasteiger charge is -2.22. The van der Waals surface area contributed by atoms with E-state index in [1.807, 2.05) is 0 Å². The van der Waals surface area contributed by atoms with E-state index in [1.165, 1.54) is 12.5 Å². The Labute approximate surface area is 164 Å². The molecule has 3 rings (SSSR count). The lowest BCUT2D eigenvalue weighted by Crippen LogP contribution is -2.36. The van der Waals surface area contributed by atoms with Crippen LogP contribution in [0.5, 0.6) is 0 Å². The number of nitrogens with one attached hydrogen (secondary N) is 2. The van der Waals surface area contributed by atoms with Crippen molar-refractivity contribution in [2.24, 2.45) is 0 Å². The number of carbonyl (C=O) groups excluding carboxylic acids is 2. The Morgan fingerprint density at radius 3 is 2.41 bits per heavy atom. The molecule has 8 heteroatoms. The third-order valence-corrected chi connectivity index (χ3v) is 6.21. The van der Waals surface area contributed by atoms with Crippen LogP contribution >= 0.6 is 23.1 Å². The number of rotatable bonds is 6. The standard InChI is InChI=1S/C19H20F2N2O2S2/c20-19(21)27-15-10-11-26-16(15)18(25)23-14-8-6-12(7-9-14)17(24)22-13-4-2-1-3-5-13/h6-11,13,19H,1-5H2,(H,22,24)(H,23,25). The molecule has 0 saturated heterocycles. The van der Waals surface area contributed by atoms with Crippen LogP contribution in [0.25, 0.3) is 0 Å². The summed E-state index contributed by atoms with van der Waals surface area (Å²) in [6.07, 6.45) is 5.54. The fourth-order valence-corrected chi connectivity index (χ4v) is 4.66. The lowest BCUT2D eigenvalue weighted by atomic mass is 9.95. The maximum Gasteiger partial charge on any atom is 0.288 e. The molecule has 0 radical (unpaired) electrons. The quantitative estimate of drug-likeness (QED) is 0.629. The van der Waals surface area contributed by atoms with E-state index in [4.69, 9.17) is 0 Å². The third-order valence-electron chi connectivity index (χ3n) is 4.40. The van der Waals surface area contributed by atoms with Crippen LogP contribution in [-0.2, 0) is 0 Å². The molecule has 1 aliphatic carbocycles. The minimum Gasteiger partial charge on any atom is -0.349 e. The van der Waals surface area contributed by atoms with Gasteiger partial charge in [-0.05, 0) is 48.6 Å². The molecular weight excluding hydrogens is 390 g/mol. The molecule has 0 bridgehead atoms. The summed E-state index contributed by atoms with van der Waals surface area (Å²) in [4.78, 5) is 25.1. The van der Waals surface area contributed by atoms with Crippen molar-refractivity contribution in [3.05, 3.63) is 46.2 Å². The molecule has 1 fully saturated rings. The highest BCUT2D eigenvalue weighted by atomic mass is 32.2. The normalized spacial score (nSPS) is 14.9. The maximum absolute atomic E-state index is 12.6. The minimum atomic E-state index is -2.58. The molecule has 2 amide bonds. The Hall–Kier alpha value is -1.93. The molecule has 2 aromatic rings. The van der Waals surface area contributed by atoms with Gasteiger partial charge in [0, 0.05) is 22.2 Å². The molecule has 144 valence electrons. The highest BCUT2D eigenvalue weighted by molar-refractivity contribution is 7.99. The summed E-state index contributed by atoms with van der Waals surface area (Å²) in [6.45, 7) is 0. The van der Waals surface area contributed by atoms with E-state index in [-0.39, 0.29) is 21.7 Å². The number of anilines is 1. The van der Waals surface area contributed by atoms with E-state index < -0.39 is 11.7 Å². The third kappa shape index (κ3) is 5.52. The number of alkyl halides is 2. The summed E-state index contributed by atoms with van der Waals surface area (Å²) in [5.41, 5.74) is 1.04. The van der Waals surface area contributed by atoms with Gasteiger partial charge >= 0.3 is 0 Å². The van der Waals surface area contributed by atoms with Gasteiger partial charge in [-0.15, -0.1) is 11.3 Å². The molecule has 1 heterocycles. The number of halogens is 2. The molecule has 1 aromatic heterocycles. The molecule has 1 saturated carbocycles. The van der Waals surface area contributed by atoms with Gasteiger partial charge in [-0.1, -0.05) is 31.0 Å². The monoisotopic (exact) mass is 410 g/mol. The summed E-state index contributed by atoms with van der Waals surface area (Å²) in [7, 11) is 0. The smallest absolute Gasteiger partial charge is 0.288 e. The van der Waals surface area contributed by atoms with Gasteiger partial charge in [0.15, 0.2) is 0 Å². The van der Waals surface area contributed by atoms with Crippen molar-refractivity contribution >= 4 is 40.6 Å². The second kappa shape index (κ2) is 9.32. The molecule has 27 heavy (non-hydrogen) atoms. The molecule has 0 atom stereocenters. The van der Waals surface area contributed by atoms with Crippen LogP contribution in [0.4, 0.5) is 14.5 Å². The number of amides is 2. The number of thioether (sulfide) groups is 1. The van der Waals surface area contributed by atoms with Crippen molar-refractivity contribution < 1.29 is 18.4 Å². The van der Waals surface area contributed by atoms with Crippen molar-refractivity contribution in [3.8, 4) is 0 Å². The van der Waals surface area contributed by atoms with Crippen LogP contribution < -0.4 is 10.6 Å². The van der Waals surface area contributed by atoms with Crippen molar-refractivity contribution in [1.82, 2.24) is 5.32 Å². The summed E-state index contributed by atoms with van der Waals surface area (Å²) in [6, 6.07) is 8.32. The second-order valence-corrected chi connectivity index (χ2v) is 8.28. The predicted octanol–water partition coefficient (Wildman–Crippen LogP) is 5.38. The van der Waals surface area contributed by atoms with E-state index in [0.29, 0.717) is 23.0 Å². The molecule has 0 aliphatic heterocycles. The van der Waals surface area contributed by atoms with E-state index in [1.54, 1.807) is 29.6 Å². The number of thiophene rings is 1. The van der Waals surface area contributed by atoms with Crippen LogP contribution in [0, 0.1) is 0 Å². The Kier molecular flexibility index (Phi) is 6.84. The van der Waals surface area contributed by atoms with Crippen LogP contribution in [0.15, 0.2) is 40.6 Å². The topological polar surface area (TPSA) is 58.2 Å². The fraction of sp³-hybridized carbons (Fsp3) is 0.368. The van der Waals surface area contributed by atoms with Gasteiger partial charge in [-0.3, -0.25) is 9.59 Å². The van der Waals surface area contributed by atoms with Gasteiger partial charge < -0.3 is 10.6 Å². The summed E-state index contributed by atoms with van der Waals surface area (Å²) in [5, 5.41) is 7.34. The van der Waals surface area contributed by atoms with Crippen LogP contribution in [0.1, 0.15) is 52.1 Å². The van der Waals surface area contributed by atoms with E-state index >= 15 is 0 Å².